The fourth-order valence-electron chi connectivity index (χ4n) is 2.60. The SMILES string of the molecule is Cc1cc(C(N)=S)cc(N2CCCC(C)C2C)n1. The first-order valence-corrected chi connectivity index (χ1v) is 6.95. The minimum atomic E-state index is 0.444. The molecule has 1 aromatic rings. The van der Waals surface area contributed by atoms with E-state index in [0.717, 1.165) is 23.6 Å². The molecule has 1 aliphatic heterocycles. The van der Waals surface area contributed by atoms with Gasteiger partial charge >= 0.3 is 0 Å². The van der Waals surface area contributed by atoms with E-state index in [1.165, 1.54) is 12.8 Å². The fourth-order valence-corrected chi connectivity index (χ4v) is 2.72. The zero-order chi connectivity index (χ0) is 13.3. The topological polar surface area (TPSA) is 42.1 Å². The molecule has 0 spiro atoms. The van der Waals surface area contributed by atoms with Gasteiger partial charge in [0.25, 0.3) is 0 Å². The third-order valence-corrected chi connectivity index (χ3v) is 4.13. The quantitative estimate of drug-likeness (QED) is 0.833. The molecule has 0 aliphatic carbocycles. The lowest BCUT2D eigenvalue weighted by Gasteiger charge is -2.39. The van der Waals surface area contributed by atoms with Gasteiger partial charge < -0.3 is 10.6 Å². The van der Waals surface area contributed by atoms with Crippen LogP contribution in [-0.4, -0.2) is 22.6 Å². The maximum atomic E-state index is 5.73. The van der Waals surface area contributed by atoms with E-state index in [1.54, 1.807) is 0 Å². The number of hydrogen-bond acceptors (Lipinski definition) is 3. The molecule has 1 fully saturated rings. The summed E-state index contributed by atoms with van der Waals surface area (Å²) in [5.74, 6) is 1.71. The number of nitrogens with two attached hydrogens (primary N) is 1. The molecule has 1 aliphatic rings. The van der Waals surface area contributed by atoms with Crippen LogP contribution in [0.3, 0.4) is 0 Å². The molecule has 0 amide bonds. The molecule has 3 nitrogen and oxygen atoms in total. The number of aryl methyl sites for hydroxylation is 1. The maximum absolute atomic E-state index is 5.73. The van der Waals surface area contributed by atoms with Crippen molar-refractivity contribution in [3.05, 3.63) is 23.4 Å². The van der Waals surface area contributed by atoms with E-state index in [1.807, 2.05) is 19.1 Å². The zero-order valence-corrected chi connectivity index (χ0v) is 12.1. The Morgan fingerprint density at radius 1 is 1.44 bits per heavy atom. The molecule has 98 valence electrons. The van der Waals surface area contributed by atoms with E-state index in [9.17, 15) is 0 Å². The van der Waals surface area contributed by atoms with Crippen LogP contribution in [0.5, 0.6) is 0 Å². The molecule has 0 saturated carbocycles. The number of rotatable bonds is 2. The average Bonchev–Trinajstić information content (AvgIpc) is 2.31. The van der Waals surface area contributed by atoms with Crippen LogP contribution < -0.4 is 10.6 Å². The van der Waals surface area contributed by atoms with Gasteiger partial charge in [-0.3, -0.25) is 0 Å². The number of hydrogen-bond donors (Lipinski definition) is 1. The lowest BCUT2D eigenvalue weighted by molar-refractivity contribution is 0.361. The standard InChI is InChI=1S/C14H21N3S/c1-9-5-4-6-17(11(9)3)13-8-12(14(15)18)7-10(2)16-13/h7-9,11H,4-6H2,1-3H3,(H2,15,18). The van der Waals surface area contributed by atoms with Crippen LogP contribution in [0.25, 0.3) is 0 Å². The van der Waals surface area contributed by atoms with E-state index in [-0.39, 0.29) is 0 Å². The monoisotopic (exact) mass is 263 g/mol. The molecule has 2 N–H and O–H groups in total. The van der Waals surface area contributed by atoms with Crippen LogP contribution in [0.4, 0.5) is 5.82 Å². The van der Waals surface area contributed by atoms with Crippen molar-refractivity contribution in [3.63, 3.8) is 0 Å². The summed E-state index contributed by atoms with van der Waals surface area (Å²) in [4.78, 5) is 7.46. The second-order valence-corrected chi connectivity index (χ2v) is 5.71. The Hall–Kier alpha value is -1.16. The van der Waals surface area contributed by atoms with Crippen LogP contribution in [-0.2, 0) is 0 Å². The summed E-state index contributed by atoms with van der Waals surface area (Å²) in [6.07, 6.45) is 2.52. The Labute approximate surface area is 114 Å². The Bertz CT molecular complexity index is 458. The minimum absolute atomic E-state index is 0.444. The average molecular weight is 263 g/mol. The van der Waals surface area contributed by atoms with E-state index < -0.39 is 0 Å². The van der Waals surface area contributed by atoms with Gasteiger partial charge in [0.05, 0.1) is 0 Å². The number of thiocarbonyl (C=S) groups is 1. The number of nitrogens with zero attached hydrogens (tertiary/aromatic N) is 2. The summed E-state index contributed by atoms with van der Waals surface area (Å²) in [6.45, 7) is 7.64. The van der Waals surface area contributed by atoms with Gasteiger partial charge in [0.15, 0.2) is 0 Å². The molecular weight excluding hydrogens is 242 g/mol. The number of pyridine rings is 1. The predicted octanol–water partition coefficient (Wildman–Crippen LogP) is 2.65. The first-order chi connectivity index (χ1) is 8.49. The van der Waals surface area contributed by atoms with Gasteiger partial charge in [0.2, 0.25) is 0 Å². The fraction of sp³-hybridized carbons (Fsp3) is 0.571. The third kappa shape index (κ3) is 2.64. The van der Waals surface area contributed by atoms with E-state index in [0.29, 0.717) is 16.9 Å². The van der Waals surface area contributed by atoms with Crippen molar-refractivity contribution in [1.82, 2.24) is 4.98 Å². The van der Waals surface area contributed by atoms with Crippen LogP contribution in [0.1, 0.15) is 37.9 Å². The largest absolute Gasteiger partial charge is 0.389 e. The first-order valence-electron chi connectivity index (χ1n) is 6.54. The smallest absolute Gasteiger partial charge is 0.129 e. The molecule has 2 rings (SSSR count). The molecule has 0 aromatic carbocycles. The van der Waals surface area contributed by atoms with Gasteiger partial charge in [0.1, 0.15) is 10.8 Å². The molecule has 2 atom stereocenters. The lowest BCUT2D eigenvalue weighted by Crippen LogP contribution is -2.43. The van der Waals surface area contributed by atoms with Crippen molar-refractivity contribution in [3.8, 4) is 0 Å². The number of aromatic nitrogens is 1. The Kier molecular flexibility index (Phi) is 3.85. The number of anilines is 1. The highest BCUT2D eigenvalue weighted by Crippen LogP contribution is 2.27. The predicted molar refractivity (Wildman–Crippen MR) is 80.1 cm³/mol. The number of piperidine rings is 1. The van der Waals surface area contributed by atoms with Crippen molar-refractivity contribution in [2.45, 2.75) is 39.7 Å². The van der Waals surface area contributed by atoms with Gasteiger partial charge in [-0.15, -0.1) is 0 Å². The summed E-state index contributed by atoms with van der Waals surface area (Å²) >= 11 is 5.07. The molecular formula is C14H21N3S. The van der Waals surface area contributed by atoms with Gasteiger partial charge in [-0.25, -0.2) is 4.98 Å². The third-order valence-electron chi connectivity index (χ3n) is 3.89. The van der Waals surface area contributed by atoms with Crippen molar-refractivity contribution in [2.24, 2.45) is 11.7 Å². The van der Waals surface area contributed by atoms with Crippen LogP contribution in [0, 0.1) is 12.8 Å². The summed E-state index contributed by atoms with van der Waals surface area (Å²) < 4.78 is 0. The Morgan fingerprint density at radius 3 is 2.83 bits per heavy atom. The van der Waals surface area contributed by atoms with Crippen molar-refractivity contribution >= 4 is 23.0 Å². The highest BCUT2D eigenvalue weighted by atomic mass is 32.1. The summed E-state index contributed by atoms with van der Waals surface area (Å²) in [5, 5.41) is 0. The van der Waals surface area contributed by atoms with E-state index in [2.05, 4.69) is 23.7 Å². The van der Waals surface area contributed by atoms with Gasteiger partial charge in [-0.05, 0) is 44.7 Å². The lowest BCUT2D eigenvalue weighted by atomic mass is 9.92. The highest BCUT2D eigenvalue weighted by molar-refractivity contribution is 7.80. The highest BCUT2D eigenvalue weighted by Gasteiger charge is 2.25. The van der Waals surface area contributed by atoms with Crippen molar-refractivity contribution in [1.29, 1.82) is 0 Å². The molecule has 0 bridgehead atoms. The van der Waals surface area contributed by atoms with Crippen LogP contribution in [0.2, 0.25) is 0 Å². The maximum Gasteiger partial charge on any atom is 0.129 e. The van der Waals surface area contributed by atoms with Crippen molar-refractivity contribution in [2.75, 3.05) is 11.4 Å². The van der Waals surface area contributed by atoms with Gasteiger partial charge in [-0.2, -0.15) is 0 Å². The Morgan fingerprint density at radius 2 is 2.17 bits per heavy atom. The summed E-state index contributed by atoms with van der Waals surface area (Å²) in [7, 11) is 0. The summed E-state index contributed by atoms with van der Waals surface area (Å²) in [6, 6.07) is 4.49. The molecule has 4 heteroatoms. The normalized spacial score (nSPS) is 24.1. The van der Waals surface area contributed by atoms with E-state index in [4.69, 9.17) is 18.0 Å². The van der Waals surface area contributed by atoms with Crippen molar-refractivity contribution < 1.29 is 0 Å². The summed E-state index contributed by atoms with van der Waals surface area (Å²) in [5.41, 5.74) is 7.62. The van der Waals surface area contributed by atoms with Crippen LogP contribution in [0.15, 0.2) is 12.1 Å². The molecule has 0 radical (unpaired) electrons. The molecule has 2 heterocycles. The molecule has 18 heavy (non-hydrogen) atoms. The molecule has 2 unspecified atom stereocenters. The molecule has 1 aromatic heterocycles. The Balaban J connectivity index is 2.35. The van der Waals surface area contributed by atoms with Crippen LogP contribution >= 0.6 is 12.2 Å². The second kappa shape index (κ2) is 5.22. The molecule has 1 saturated heterocycles. The van der Waals surface area contributed by atoms with E-state index >= 15 is 0 Å². The minimum Gasteiger partial charge on any atom is -0.389 e. The van der Waals surface area contributed by atoms with Gasteiger partial charge in [0, 0.05) is 23.8 Å². The first kappa shape index (κ1) is 13.3. The second-order valence-electron chi connectivity index (χ2n) is 5.27. The zero-order valence-electron chi connectivity index (χ0n) is 11.3. The van der Waals surface area contributed by atoms with Gasteiger partial charge in [-0.1, -0.05) is 19.1 Å².